The second-order valence-electron chi connectivity index (χ2n) is 6.07. The second-order valence-corrected chi connectivity index (χ2v) is 6.07. The van der Waals surface area contributed by atoms with Gasteiger partial charge in [0.1, 0.15) is 11.9 Å². The van der Waals surface area contributed by atoms with Crippen LogP contribution in [0, 0.1) is 5.41 Å². The fraction of sp³-hybridized carbons (Fsp3) is 0.286. The van der Waals surface area contributed by atoms with E-state index in [1.807, 2.05) is 30.3 Å². The number of phenolic OH excluding ortho intramolecular Hbond substituents is 1. The molecule has 0 aliphatic rings. The number of aromatic hydroxyl groups is 1. The predicted molar refractivity (Wildman–Crippen MR) is 106 cm³/mol. The van der Waals surface area contributed by atoms with Crippen molar-refractivity contribution < 1.29 is 9.84 Å². The van der Waals surface area contributed by atoms with Gasteiger partial charge in [0.2, 0.25) is 0 Å². The van der Waals surface area contributed by atoms with Gasteiger partial charge in [-0.3, -0.25) is 4.90 Å². The summed E-state index contributed by atoms with van der Waals surface area (Å²) in [5.74, 6) is 0.182. The van der Waals surface area contributed by atoms with Crippen LogP contribution >= 0.6 is 0 Å². The van der Waals surface area contributed by atoms with Gasteiger partial charge in [-0.25, -0.2) is 0 Å². The second kappa shape index (κ2) is 10.4. The van der Waals surface area contributed by atoms with Gasteiger partial charge < -0.3 is 20.6 Å². The van der Waals surface area contributed by atoms with Crippen LogP contribution in [0.4, 0.5) is 0 Å². The molecule has 5 heteroatoms. The van der Waals surface area contributed by atoms with Gasteiger partial charge in [-0.1, -0.05) is 48.5 Å². The van der Waals surface area contributed by atoms with Crippen LogP contribution in [0.1, 0.15) is 17.2 Å². The number of benzene rings is 2. The minimum Gasteiger partial charge on any atom is -0.508 e. The Morgan fingerprint density at radius 1 is 1.19 bits per heavy atom. The predicted octanol–water partition coefficient (Wildman–Crippen LogP) is 3.33. The molecular weight excluding hydrogens is 326 g/mol. The number of nitrogens with zero attached hydrogens (tertiary/aromatic N) is 1. The molecule has 0 heterocycles. The van der Waals surface area contributed by atoms with Gasteiger partial charge in [0.15, 0.2) is 0 Å². The van der Waals surface area contributed by atoms with Crippen molar-refractivity contribution in [2.75, 3.05) is 27.2 Å². The zero-order valence-corrected chi connectivity index (χ0v) is 15.4. The zero-order valence-electron chi connectivity index (χ0n) is 15.4. The maximum Gasteiger partial charge on any atom is 0.126 e. The Morgan fingerprint density at radius 2 is 1.88 bits per heavy atom. The molecule has 26 heavy (non-hydrogen) atoms. The highest BCUT2D eigenvalue weighted by atomic mass is 16.5. The first-order valence-electron chi connectivity index (χ1n) is 8.66. The molecule has 0 fully saturated rings. The van der Waals surface area contributed by atoms with E-state index in [0.717, 1.165) is 18.8 Å². The van der Waals surface area contributed by atoms with E-state index in [0.29, 0.717) is 12.2 Å². The average molecular weight is 353 g/mol. The zero-order chi connectivity index (χ0) is 18.8. The van der Waals surface area contributed by atoms with Crippen LogP contribution in [-0.2, 0) is 11.3 Å². The summed E-state index contributed by atoms with van der Waals surface area (Å²) in [5.41, 5.74) is 2.67. The first-order chi connectivity index (χ1) is 12.7. The minimum atomic E-state index is -0.451. The number of allylic oxidation sites excluding steroid dienone is 1. The van der Waals surface area contributed by atoms with Crippen LogP contribution in [0.3, 0.4) is 0 Å². The van der Waals surface area contributed by atoms with E-state index in [9.17, 15) is 5.11 Å². The molecule has 3 N–H and O–H groups in total. The van der Waals surface area contributed by atoms with Gasteiger partial charge in [0, 0.05) is 37.6 Å². The van der Waals surface area contributed by atoms with Crippen molar-refractivity contribution in [3.63, 3.8) is 0 Å². The summed E-state index contributed by atoms with van der Waals surface area (Å²) in [4.78, 5) is 2.19. The molecule has 1 atom stereocenters. The van der Waals surface area contributed by atoms with Gasteiger partial charge in [0.05, 0.1) is 6.61 Å². The summed E-state index contributed by atoms with van der Waals surface area (Å²) in [7, 11) is 3.84. The van der Waals surface area contributed by atoms with E-state index in [1.165, 1.54) is 11.8 Å². The number of para-hydroxylation sites is 1. The molecule has 0 aliphatic carbocycles. The Hall–Kier alpha value is -2.63. The maximum absolute atomic E-state index is 10.2. The summed E-state index contributed by atoms with van der Waals surface area (Å²) in [6.07, 6.45) is 2.40. The molecule has 5 nitrogen and oxygen atoms in total. The lowest BCUT2D eigenvalue weighted by Crippen LogP contribution is -2.25. The Morgan fingerprint density at radius 3 is 2.54 bits per heavy atom. The van der Waals surface area contributed by atoms with E-state index in [-0.39, 0.29) is 5.75 Å². The Labute approximate surface area is 155 Å². The van der Waals surface area contributed by atoms with E-state index in [1.54, 1.807) is 25.3 Å². The summed E-state index contributed by atoms with van der Waals surface area (Å²) in [5, 5.41) is 20.6. The highest BCUT2D eigenvalue weighted by molar-refractivity contribution is 5.69. The number of rotatable bonds is 10. The highest BCUT2D eigenvalue weighted by Gasteiger charge is 2.19. The number of hydrogen-bond acceptors (Lipinski definition) is 5. The lowest BCUT2D eigenvalue weighted by molar-refractivity contribution is 0.0565. The van der Waals surface area contributed by atoms with Crippen LogP contribution in [0.5, 0.6) is 5.75 Å². The number of phenols is 1. The van der Waals surface area contributed by atoms with Crippen molar-refractivity contribution in [3.8, 4) is 5.75 Å². The quantitative estimate of drug-likeness (QED) is 0.573. The summed E-state index contributed by atoms with van der Waals surface area (Å²) in [6.45, 7) is 2.10. The first-order valence-corrected chi connectivity index (χ1v) is 8.66. The fourth-order valence-corrected chi connectivity index (χ4v) is 2.75. The molecule has 138 valence electrons. The number of likely N-dealkylation sites (N-methyl/N-ethyl adjacent to an activating group) is 2. The summed E-state index contributed by atoms with van der Waals surface area (Å²) >= 11 is 0. The molecule has 2 aromatic carbocycles. The minimum absolute atomic E-state index is 0.182. The van der Waals surface area contributed by atoms with Crippen molar-refractivity contribution in [1.29, 1.82) is 5.41 Å². The number of ether oxygens (including phenoxy) is 1. The average Bonchev–Trinajstić information content (AvgIpc) is 2.65. The molecule has 2 aromatic rings. The third-order valence-corrected chi connectivity index (χ3v) is 4.11. The van der Waals surface area contributed by atoms with E-state index >= 15 is 0 Å². The summed E-state index contributed by atoms with van der Waals surface area (Å²) in [6, 6.07) is 17.4. The summed E-state index contributed by atoms with van der Waals surface area (Å²) < 4.78 is 6.09. The van der Waals surface area contributed by atoms with Crippen molar-refractivity contribution in [2.24, 2.45) is 0 Å². The van der Waals surface area contributed by atoms with E-state index < -0.39 is 6.10 Å². The molecule has 0 radical (unpaired) electrons. The number of nitrogens with one attached hydrogen (secondary N) is 2. The number of hydrogen-bond donors (Lipinski definition) is 3. The standard InChI is InChI=1S/C21H27N3O2/c1-23-19(12-13-22)21(18-10-6-7-11-20(18)25)26-15-14-24(2)16-17-8-4-3-5-9-17/h3-13,21-23,25H,14-16H2,1-2H3/b19-12-,22-13?. The fourth-order valence-electron chi connectivity index (χ4n) is 2.75. The third kappa shape index (κ3) is 5.72. The van der Waals surface area contributed by atoms with Gasteiger partial charge in [0.25, 0.3) is 0 Å². The Kier molecular flexibility index (Phi) is 7.86. The highest BCUT2D eigenvalue weighted by Crippen LogP contribution is 2.30. The maximum atomic E-state index is 10.2. The van der Waals surface area contributed by atoms with Crippen molar-refractivity contribution in [2.45, 2.75) is 12.6 Å². The topological polar surface area (TPSA) is 68.6 Å². The van der Waals surface area contributed by atoms with E-state index in [2.05, 4.69) is 29.4 Å². The van der Waals surface area contributed by atoms with Gasteiger partial charge in [-0.05, 0) is 24.8 Å². The lowest BCUT2D eigenvalue weighted by atomic mass is 10.0. The monoisotopic (exact) mass is 353 g/mol. The van der Waals surface area contributed by atoms with Crippen LogP contribution in [0.2, 0.25) is 0 Å². The molecule has 0 saturated carbocycles. The lowest BCUT2D eigenvalue weighted by Gasteiger charge is -2.24. The smallest absolute Gasteiger partial charge is 0.126 e. The van der Waals surface area contributed by atoms with Crippen LogP contribution < -0.4 is 5.32 Å². The van der Waals surface area contributed by atoms with Crippen LogP contribution in [0.15, 0.2) is 66.4 Å². The molecule has 0 aromatic heterocycles. The van der Waals surface area contributed by atoms with Crippen molar-refractivity contribution in [1.82, 2.24) is 10.2 Å². The van der Waals surface area contributed by atoms with Gasteiger partial charge in [-0.15, -0.1) is 0 Å². The van der Waals surface area contributed by atoms with Crippen molar-refractivity contribution in [3.05, 3.63) is 77.5 Å². The van der Waals surface area contributed by atoms with E-state index in [4.69, 9.17) is 10.1 Å². The molecule has 1 unspecified atom stereocenters. The molecule has 0 bridgehead atoms. The first kappa shape index (κ1) is 19.7. The van der Waals surface area contributed by atoms with Gasteiger partial charge >= 0.3 is 0 Å². The van der Waals surface area contributed by atoms with Gasteiger partial charge in [-0.2, -0.15) is 0 Å². The van der Waals surface area contributed by atoms with Crippen LogP contribution in [0.25, 0.3) is 0 Å². The molecule has 0 aliphatic heterocycles. The Balaban J connectivity index is 2.02. The third-order valence-electron chi connectivity index (χ3n) is 4.11. The van der Waals surface area contributed by atoms with Crippen molar-refractivity contribution >= 4 is 6.21 Å². The normalized spacial score (nSPS) is 12.8. The molecule has 0 spiro atoms. The van der Waals surface area contributed by atoms with Crippen LogP contribution in [-0.4, -0.2) is 43.5 Å². The molecular formula is C21H27N3O2. The molecule has 0 amide bonds. The molecule has 0 saturated heterocycles. The molecule has 2 rings (SSSR count). The Bertz CT molecular complexity index is 716. The largest absolute Gasteiger partial charge is 0.508 e. The SMILES string of the molecule is CN/C(=C\C=N)C(OCCN(C)Cc1ccccc1)c1ccccc1O.